The first kappa shape index (κ1) is 23.0. The van der Waals surface area contributed by atoms with Crippen LogP contribution in [0.5, 0.6) is 0 Å². The molecule has 2 aromatic rings. The lowest BCUT2D eigenvalue weighted by atomic mass is 9.68. The smallest absolute Gasteiger partial charge is 0.330 e. The molecule has 1 amide bonds. The zero-order valence-electron chi connectivity index (χ0n) is 20.0. The summed E-state index contributed by atoms with van der Waals surface area (Å²) in [6, 6.07) is 4.47. The molecule has 7 nitrogen and oxygen atoms in total. The predicted molar refractivity (Wildman–Crippen MR) is 130 cm³/mol. The standard InChI is InChI=1S/C24H35N5O2S/c1-23(2,3)13-29-17-8-7-16(26-21(17)27(6)22(29)31)15-9-10-24(4,5)19(11-15)28-12-18(20(25)30)32-14-28/h7-8,12,15,19H,9-11,13-14H2,1-6H3,(H2,25,30). The van der Waals surface area contributed by atoms with Gasteiger partial charge in [-0.15, -0.1) is 0 Å². The predicted octanol–water partition coefficient (Wildman–Crippen LogP) is 3.78. The topological polar surface area (TPSA) is 86.1 Å². The molecule has 1 aliphatic heterocycles. The maximum atomic E-state index is 12.9. The Kier molecular flexibility index (Phi) is 5.72. The van der Waals surface area contributed by atoms with Gasteiger partial charge in [0.2, 0.25) is 0 Å². The third-order valence-corrected chi connectivity index (χ3v) is 7.94. The second kappa shape index (κ2) is 7.97. The molecule has 0 aromatic carbocycles. The molecule has 2 unspecified atom stereocenters. The van der Waals surface area contributed by atoms with Crippen molar-refractivity contribution in [2.75, 3.05) is 5.88 Å². The Morgan fingerprint density at radius 1 is 1.31 bits per heavy atom. The van der Waals surface area contributed by atoms with Gasteiger partial charge in [-0.3, -0.25) is 13.9 Å². The molecule has 0 spiro atoms. The van der Waals surface area contributed by atoms with Gasteiger partial charge in [0.1, 0.15) is 0 Å². The number of primary amides is 1. The van der Waals surface area contributed by atoms with Gasteiger partial charge in [-0.1, -0.05) is 46.4 Å². The summed E-state index contributed by atoms with van der Waals surface area (Å²) in [5.74, 6) is 0.723. The normalized spacial score (nSPS) is 23.6. The van der Waals surface area contributed by atoms with Gasteiger partial charge in [0.15, 0.2) is 5.65 Å². The molecule has 3 heterocycles. The first-order chi connectivity index (χ1) is 14.9. The van der Waals surface area contributed by atoms with Crippen LogP contribution in [-0.2, 0) is 18.4 Å². The fourth-order valence-corrected chi connectivity index (χ4v) is 5.99. The van der Waals surface area contributed by atoms with Crippen LogP contribution in [0.2, 0.25) is 0 Å². The molecule has 2 atom stereocenters. The first-order valence-electron chi connectivity index (χ1n) is 11.3. The number of aromatic nitrogens is 3. The van der Waals surface area contributed by atoms with E-state index in [1.165, 1.54) is 11.8 Å². The molecule has 2 aromatic heterocycles. The van der Waals surface area contributed by atoms with E-state index in [4.69, 9.17) is 10.7 Å². The first-order valence-corrected chi connectivity index (χ1v) is 12.3. The monoisotopic (exact) mass is 457 g/mol. The lowest BCUT2D eigenvalue weighted by molar-refractivity contribution is -0.113. The van der Waals surface area contributed by atoms with E-state index >= 15 is 0 Å². The number of carbonyl (C=O) groups is 1. The number of thioether (sulfide) groups is 1. The van der Waals surface area contributed by atoms with Crippen LogP contribution < -0.4 is 11.4 Å². The van der Waals surface area contributed by atoms with E-state index in [0.29, 0.717) is 23.4 Å². The third kappa shape index (κ3) is 4.21. The second-order valence-corrected chi connectivity index (χ2v) is 12.2. The molecule has 32 heavy (non-hydrogen) atoms. The molecule has 0 radical (unpaired) electrons. The minimum Gasteiger partial charge on any atom is -0.365 e. The fraction of sp³-hybridized carbons (Fsp3) is 0.625. The molecular formula is C24H35N5O2S. The Morgan fingerprint density at radius 2 is 2.03 bits per heavy atom. The Hall–Kier alpha value is -2.22. The van der Waals surface area contributed by atoms with Crippen LogP contribution in [0.4, 0.5) is 0 Å². The Labute approximate surface area is 194 Å². The minimum atomic E-state index is -0.351. The van der Waals surface area contributed by atoms with Gasteiger partial charge in [0.05, 0.1) is 16.3 Å². The molecule has 2 N–H and O–H groups in total. The summed E-state index contributed by atoms with van der Waals surface area (Å²) in [5.41, 5.74) is 8.32. The van der Waals surface area contributed by atoms with Crippen LogP contribution >= 0.6 is 11.8 Å². The number of nitrogens with zero attached hydrogens (tertiary/aromatic N) is 4. The van der Waals surface area contributed by atoms with Crippen molar-refractivity contribution in [1.29, 1.82) is 0 Å². The number of nitrogens with two attached hydrogens (primary N) is 1. The van der Waals surface area contributed by atoms with Gasteiger partial charge in [-0.05, 0) is 42.2 Å². The summed E-state index contributed by atoms with van der Waals surface area (Å²) >= 11 is 1.52. The summed E-state index contributed by atoms with van der Waals surface area (Å²) in [7, 11) is 1.81. The van der Waals surface area contributed by atoms with Crippen LogP contribution in [0.3, 0.4) is 0 Å². The number of hydrogen-bond donors (Lipinski definition) is 1. The number of pyridine rings is 1. The van der Waals surface area contributed by atoms with Gasteiger partial charge in [-0.25, -0.2) is 9.78 Å². The lowest BCUT2D eigenvalue weighted by Crippen LogP contribution is -2.45. The highest BCUT2D eigenvalue weighted by molar-refractivity contribution is 8.04. The van der Waals surface area contributed by atoms with Gasteiger partial charge in [0, 0.05) is 37.4 Å². The van der Waals surface area contributed by atoms with Crippen molar-refractivity contribution in [3.05, 3.63) is 39.4 Å². The maximum Gasteiger partial charge on any atom is 0.330 e. The molecule has 1 aliphatic carbocycles. The van der Waals surface area contributed by atoms with Crippen LogP contribution in [0.25, 0.3) is 11.2 Å². The fourth-order valence-electron chi connectivity index (χ4n) is 5.10. The zero-order valence-corrected chi connectivity index (χ0v) is 20.8. The van der Waals surface area contributed by atoms with Gasteiger partial charge >= 0.3 is 5.69 Å². The van der Waals surface area contributed by atoms with E-state index in [1.54, 1.807) is 4.57 Å². The van der Waals surface area contributed by atoms with Crippen molar-refractivity contribution in [2.45, 2.75) is 72.4 Å². The van der Waals surface area contributed by atoms with Crippen molar-refractivity contribution in [3.8, 4) is 0 Å². The van der Waals surface area contributed by atoms with Gasteiger partial charge in [0.25, 0.3) is 5.91 Å². The van der Waals surface area contributed by atoms with E-state index in [2.05, 4.69) is 51.7 Å². The average Bonchev–Trinajstić information content (AvgIpc) is 3.27. The van der Waals surface area contributed by atoms with Crippen molar-refractivity contribution in [1.82, 2.24) is 19.0 Å². The Balaban J connectivity index is 1.65. The van der Waals surface area contributed by atoms with Crippen LogP contribution in [0, 0.1) is 10.8 Å². The number of amides is 1. The van der Waals surface area contributed by atoms with Crippen LogP contribution in [0.1, 0.15) is 65.5 Å². The second-order valence-electron chi connectivity index (χ2n) is 11.2. The van der Waals surface area contributed by atoms with E-state index < -0.39 is 0 Å². The lowest BCUT2D eigenvalue weighted by Gasteiger charge is -2.46. The van der Waals surface area contributed by atoms with Crippen LogP contribution in [-0.4, -0.2) is 36.8 Å². The SMILES string of the molecule is Cn1c(=O)n(CC(C)(C)C)c2ccc(C3CCC(C)(C)C(N4C=C(C(N)=O)SC4)C3)nc21. The average molecular weight is 458 g/mol. The van der Waals surface area contributed by atoms with E-state index in [9.17, 15) is 9.59 Å². The molecule has 8 heteroatoms. The number of aryl methyl sites for hydroxylation is 1. The van der Waals surface area contributed by atoms with E-state index in [-0.39, 0.29) is 22.4 Å². The van der Waals surface area contributed by atoms with Crippen molar-refractivity contribution >= 4 is 28.8 Å². The molecular weight excluding hydrogens is 422 g/mol. The number of rotatable bonds is 4. The highest BCUT2D eigenvalue weighted by atomic mass is 32.2. The number of imidazole rings is 1. The van der Waals surface area contributed by atoms with E-state index in [1.807, 2.05) is 17.8 Å². The van der Waals surface area contributed by atoms with Crippen LogP contribution in [0.15, 0.2) is 28.0 Å². The molecule has 0 saturated heterocycles. The Morgan fingerprint density at radius 3 is 2.66 bits per heavy atom. The van der Waals surface area contributed by atoms with Gasteiger partial charge < -0.3 is 10.6 Å². The van der Waals surface area contributed by atoms with Crippen molar-refractivity contribution < 1.29 is 4.79 Å². The number of carbonyl (C=O) groups excluding carboxylic acids is 1. The molecule has 1 saturated carbocycles. The minimum absolute atomic E-state index is 0.00395. The zero-order chi connectivity index (χ0) is 23.4. The summed E-state index contributed by atoms with van der Waals surface area (Å²) < 4.78 is 3.52. The highest BCUT2D eigenvalue weighted by Gasteiger charge is 2.41. The summed E-state index contributed by atoms with van der Waals surface area (Å²) in [4.78, 5) is 32.4. The molecule has 1 fully saturated rings. The highest BCUT2D eigenvalue weighted by Crippen LogP contribution is 2.46. The molecule has 2 aliphatic rings. The van der Waals surface area contributed by atoms with E-state index in [0.717, 1.165) is 42.0 Å². The largest absolute Gasteiger partial charge is 0.365 e. The molecule has 0 bridgehead atoms. The molecule has 4 rings (SSSR count). The molecule has 174 valence electrons. The summed E-state index contributed by atoms with van der Waals surface area (Å²) in [6.45, 7) is 11.7. The summed E-state index contributed by atoms with van der Waals surface area (Å²) in [6.07, 6.45) is 5.04. The Bertz CT molecular complexity index is 1140. The number of hydrogen-bond acceptors (Lipinski definition) is 5. The summed E-state index contributed by atoms with van der Waals surface area (Å²) in [5, 5.41) is 0. The van der Waals surface area contributed by atoms with Crippen molar-refractivity contribution in [2.24, 2.45) is 23.6 Å². The number of fused-ring (bicyclic) bond motifs is 1. The van der Waals surface area contributed by atoms with Crippen molar-refractivity contribution in [3.63, 3.8) is 0 Å². The quantitative estimate of drug-likeness (QED) is 0.755. The maximum absolute atomic E-state index is 12.9. The van der Waals surface area contributed by atoms with Gasteiger partial charge in [-0.2, -0.15) is 0 Å². The third-order valence-electron chi connectivity index (χ3n) is 6.90.